The zero-order valence-corrected chi connectivity index (χ0v) is 10.4. The lowest BCUT2D eigenvalue weighted by molar-refractivity contribution is -0.160. The Balaban J connectivity index is 2.58. The van der Waals surface area contributed by atoms with Crippen LogP contribution in [0.4, 0.5) is 0 Å². The van der Waals surface area contributed by atoms with E-state index in [2.05, 4.69) is 6.58 Å². The third kappa shape index (κ3) is 3.63. The van der Waals surface area contributed by atoms with Gasteiger partial charge in [0.2, 0.25) is 0 Å². The summed E-state index contributed by atoms with van der Waals surface area (Å²) in [6, 6.07) is 0. The van der Waals surface area contributed by atoms with E-state index < -0.39 is 0 Å². The molecule has 0 spiro atoms. The van der Waals surface area contributed by atoms with Crippen LogP contribution in [0.15, 0.2) is 12.7 Å². The van der Waals surface area contributed by atoms with Gasteiger partial charge in [-0.05, 0) is 25.7 Å². The molecule has 0 radical (unpaired) electrons. The highest BCUT2D eigenvalue weighted by molar-refractivity contribution is 5.71. The second-order valence-electron chi connectivity index (χ2n) is 4.55. The third-order valence-corrected chi connectivity index (χ3v) is 2.73. The van der Waals surface area contributed by atoms with Gasteiger partial charge in [0.25, 0.3) is 0 Å². The molecular weight excluding hydrogens is 204 g/mol. The van der Waals surface area contributed by atoms with Crippen molar-refractivity contribution in [3.8, 4) is 0 Å². The van der Waals surface area contributed by atoms with E-state index in [1.54, 1.807) is 6.08 Å². The van der Waals surface area contributed by atoms with Crippen LogP contribution < -0.4 is 0 Å². The predicted molar refractivity (Wildman–Crippen MR) is 63.1 cm³/mol. The van der Waals surface area contributed by atoms with E-state index in [4.69, 9.17) is 9.47 Å². The molecule has 3 heteroatoms. The monoisotopic (exact) mass is 226 g/mol. The lowest BCUT2D eigenvalue weighted by atomic mass is 10.1. The van der Waals surface area contributed by atoms with Crippen molar-refractivity contribution in [3.05, 3.63) is 12.7 Å². The van der Waals surface area contributed by atoms with Crippen molar-refractivity contribution in [1.29, 1.82) is 0 Å². The maximum Gasteiger partial charge on any atom is 0.308 e. The molecular formula is C13H22O3. The largest absolute Gasteiger partial charge is 0.459 e. The van der Waals surface area contributed by atoms with Crippen molar-refractivity contribution in [1.82, 2.24) is 0 Å². The van der Waals surface area contributed by atoms with Crippen molar-refractivity contribution < 1.29 is 14.3 Å². The van der Waals surface area contributed by atoms with E-state index in [-0.39, 0.29) is 24.1 Å². The van der Waals surface area contributed by atoms with Gasteiger partial charge in [0, 0.05) is 6.61 Å². The Labute approximate surface area is 97.8 Å². The van der Waals surface area contributed by atoms with Gasteiger partial charge < -0.3 is 9.47 Å². The molecule has 0 aromatic rings. The Morgan fingerprint density at radius 1 is 1.50 bits per heavy atom. The molecule has 0 amide bonds. The fraction of sp³-hybridized carbons (Fsp3) is 0.769. The number of carbonyl (C=O) groups is 1. The first kappa shape index (κ1) is 13.2. The molecule has 2 unspecified atom stereocenters. The molecule has 1 fully saturated rings. The number of rotatable bonds is 7. The van der Waals surface area contributed by atoms with Crippen LogP contribution in [0.3, 0.4) is 0 Å². The average molecular weight is 226 g/mol. The molecule has 3 nitrogen and oxygen atoms in total. The Morgan fingerprint density at radius 2 is 2.12 bits per heavy atom. The highest BCUT2D eigenvalue weighted by atomic mass is 16.6. The number of hydrogen-bond donors (Lipinski definition) is 0. The van der Waals surface area contributed by atoms with Gasteiger partial charge in [0.1, 0.15) is 12.2 Å². The molecule has 0 bridgehead atoms. The van der Waals surface area contributed by atoms with E-state index in [0.717, 1.165) is 12.8 Å². The molecule has 0 aliphatic heterocycles. The average Bonchev–Trinajstić information content (AvgIpc) is 3.06. The fourth-order valence-electron chi connectivity index (χ4n) is 1.62. The molecule has 1 aliphatic rings. The second kappa shape index (κ2) is 6.04. The molecule has 1 saturated carbocycles. The van der Waals surface area contributed by atoms with E-state index in [1.165, 1.54) is 0 Å². The van der Waals surface area contributed by atoms with Crippen molar-refractivity contribution in [2.75, 3.05) is 6.61 Å². The SMILES string of the molecule is C=CC(OCC)C(OC(=O)C(C)C)C1CC1. The van der Waals surface area contributed by atoms with Crippen molar-refractivity contribution in [2.24, 2.45) is 11.8 Å². The maximum atomic E-state index is 11.6. The zero-order chi connectivity index (χ0) is 12.1. The summed E-state index contributed by atoms with van der Waals surface area (Å²) < 4.78 is 11.0. The first-order valence-corrected chi connectivity index (χ1v) is 6.04. The number of esters is 1. The molecule has 2 atom stereocenters. The van der Waals surface area contributed by atoms with Gasteiger partial charge in [-0.3, -0.25) is 4.79 Å². The summed E-state index contributed by atoms with van der Waals surface area (Å²) in [5.74, 6) is 0.217. The Morgan fingerprint density at radius 3 is 2.50 bits per heavy atom. The molecule has 1 rings (SSSR count). The normalized spacial score (nSPS) is 19.2. The van der Waals surface area contributed by atoms with Gasteiger partial charge in [0.05, 0.1) is 5.92 Å². The van der Waals surface area contributed by atoms with Crippen LogP contribution in [0.2, 0.25) is 0 Å². The predicted octanol–water partition coefficient (Wildman–Crippen LogP) is 2.56. The Kier molecular flexibility index (Phi) is 5.00. The van der Waals surface area contributed by atoms with Crippen LogP contribution in [0.1, 0.15) is 33.6 Å². The maximum absolute atomic E-state index is 11.6. The zero-order valence-electron chi connectivity index (χ0n) is 10.4. The number of hydrogen-bond acceptors (Lipinski definition) is 3. The van der Waals surface area contributed by atoms with Crippen molar-refractivity contribution in [2.45, 2.75) is 45.8 Å². The van der Waals surface area contributed by atoms with Gasteiger partial charge >= 0.3 is 5.97 Å². The lowest BCUT2D eigenvalue weighted by Crippen LogP contribution is -2.35. The summed E-state index contributed by atoms with van der Waals surface area (Å²) in [5, 5.41) is 0. The van der Waals surface area contributed by atoms with E-state index in [1.807, 2.05) is 20.8 Å². The molecule has 0 N–H and O–H groups in total. The second-order valence-corrected chi connectivity index (χ2v) is 4.55. The van der Waals surface area contributed by atoms with Crippen molar-refractivity contribution >= 4 is 5.97 Å². The first-order valence-electron chi connectivity index (χ1n) is 6.04. The highest BCUT2D eigenvalue weighted by Crippen LogP contribution is 2.37. The van der Waals surface area contributed by atoms with E-state index in [9.17, 15) is 4.79 Å². The van der Waals surface area contributed by atoms with Crippen LogP contribution in [0.5, 0.6) is 0 Å². The van der Waals surface area contributed by atoms with Gasteiger partial charge in [-0.1, -0.05) is 19.9 Å². The van der Waals surface area contributed by atoms with Crippen LogP contribution in [0.25, 0.3) is 0 Å². The first-order chi connectivity index (χ1) is 7.60. The standard InChI is InChI=1S/C13H22O3/c1-5-11(15-6-2)12(10-7-8-10)16-13(14)9(3)4/h5,9-12H,1,6-8H2,2-4H3. The van der Waals surface area contributed by atoms with Crippen LogP contribution in [-0.4, -0.2) is 24.8 Å². The fourth-order valence-corrected chi connectivity index (χ4v) is 1.62. The molecule has 0 aromatic heterocycles. The molecule has 0 saturated heterocycles. The smallest absolute Gasteiger partial charge is 0.308 e. The number of carbonyl (C=O) groups excluding carboxylic acids is 1. The summed E-state index contributed by atoms with van der Waals surface area (Å²) in [7, 11) is 0. The topological polar surface area (TPSA) is 35.5 Å². The highest BCUT2D eigenvalue weighted by Gasteiger charge is 2.39. The molecule has 0 heterocycles. The summed E-state index contributed by atoms with van der Waals surface area (Å²) in [5.41, 5.74) is 0. The molecule has 16 heavy (non-hydrogen) atoms. The molecule has 1 aliphatic carbocycles. The number of ether oxygens (including phenoxy) is 2. The van der Waals surface area contributed by atoms with Crippen molar-refractivity contribution in [3.63, 3.8) is 0 Å². The Bertz CT molecular complexity index is 244. The van der Waals surface area contributed by atoms with Crippen LogP contribution >= 0.6 is 0 Å². The van der Waals surface area contributed by atoms with Gasteiger partial charge in [-0.15, -0.1) is 6.58 Å². The summed E-state index contributed by atoms with van der Waals surface area (Å²) in [6.45, 7) is 9.98. The summed E-state index contributed by atoms with van der Waals surface area (Å²) in [6.07, 6.45) is 3.66. The quantitative estimate of drug-likeness (QED) is 0.494. The Hall–Kier alpha value is -0.830. The van der Waals surface area contributed by atoms with E-state index >= 15 is 0 Å². The minimum Gasteiger partial charge on any atom is -0.459 e. The van der Waals surface area contributed by atoms with Gasteiger partial charge in [-0.25, -0.2) is 0 Å². The molecule has 0 aromatic carbocycles. The van der Waals surface area contributed by atoms with E-state index in [0.29, 0.717) is 12.5 Å². The van der Waals surface area contributed by atoms with Crippen LogP contribution in [-0.2, 0) is 14.3 Å². The lowest BCUT2D eigenvalue weighted by Gasteiger charge is -2.25. The summed E-state index contributed by atoms with van der Waals surface area (Å²) >= 11 is 0. The van der Waals surface area contributed by atoms with Crippen LogP contribution in [0, 0.1) is 11.8 Å². The minimum absolute atomic E-state index is 0.0895. The third-order valence-electron chi connectivity index (χ3n) is 2.73. The van der Waals surface area contributed by atoms with Gasteiger partial charge in [0.15, 0.2) is 0 Å². The minimum atomic E-state index is -0.166. The molecule has 92 valence electrons. The van der Waals surface area contributed by atoms with Gasteiger partial charge in [-0.2, -0.15) is 0 Å². The summed E-state index contributed by atoms with van der Waals surface area (Å²) in [4.78, 5) is 11.6.